The van der Waals surface area contributed by atoms with E-state index in [2.05, 4.69) is 20.8 Å². The predicted molar refractivity (Wildman–Crippen MR) is 110 cm³/mol. The van der Waals surface area contributed by atoms with Crippen molar-refractivity contribution in [3.8, 4) is 0 Å². The lowest BCUT2D eigenvalue weighted by atomic mass is 10.1. The van der Waals surface area contributed by atoms with Crippen LogP contribution in [-0.4, -0.2) is 39.8 Å². The van der Waals surface area contributed by atoms with E-state index in [9.17, 15) is 0 Å². The van der Waals surface area contributed by atoms with Gasteiger partial charge in [0.25, 0.3) is 0 Å². The number of aryl methyl sites for hydroxylation is 1. The first kappa shape index (κ1) is 21.3. The Bertz CT molecular complexity index is 719. The van der Waals surface area contributed by atoms with Gasteiger partial charge in [0.05, 0.1) is 5.69 Å². The number of hydrogen-bond donors (Lipinski definition) is 2. The molecule has 2 aromatic heterocycles. The number of nitrogens with zero attached hydrogens (tertiary/aromatic N) is 4. The number of rotatable bonds is 6. The molecule has 9 heteroatoms. The highest BCUT2D eigenvalue weighted by Crippen LogP contribution is 2.32. The zero-order valence-corrected chi connectivity index (χ0v) is 17.4. The number of aromatic nitrogens is 4. The monoisotopic (exact) mass is 416 g/mol. The van der Waals surface area contributed by atoms with Crippen LogP contribution in [0.5, 0.6) is 0 Å². The fourth-order valence-corrected chi connectivity index (χ4v) is 3.85. The summed E-state index contributed by atoms with van der Waals surface area (Å²) >= 11 is 1.67. The number of nitrogens with one attached hydrogen (secondary N) is 2. The first-order valence-corrected chi connectivity index (χ1v) is 9.72. The van der Waals surface area contributed by atoms with Crippen molar-refractivity contribution in [2.45, 2.75) is 45.4 Å². The van der Waals surface area contributed by atoms with Crippen molar-refractivity contribution >= 4 is 42.0 Å². The van der Waals surface area contributed by atoms with Gasteiger partial charge in [0, 0.05) is 37.9 Å². The van der Waals surface area contributed by atoms with Crippen LogP contribution in [0.1, 0.15) is 39.9 Å². The molecule has 4 rings (SSSR count). The Morgan fingerprint density at radius 3 is 2.65 bits per heavy atom. The SMILES string of the molecule is Cc1nnc(CCNc2nc(CC3CC3)nc3c2CCNCC3)s1.Cl.Cl. The van der Waals surface area contributed by atoms with Crippen LogP contribution in [0.2, 0.25) is 0 Å². The minimum atomic E-state index is 0. The molecule has 3 heterocycles. The van der Waals surface area contributed by atoms with Gasteiger partial charge in [0.2, 0.25) is 0 Å². The molecule has 0 bridgehead atoms. The Morgan fingerprint density at radius 1 is 1.12 bits per heavy atom. The van der Waals surface area contributed by atoms with Crippen LogP contribution in [0.25, 0.3) is 0 Å². The molecule has 2 N–H and O–H groups in total. The topological polar surface area (TPSA) is 75.6 Å². The van der Waals surface area contributed by atoms with E-state index in [-0.39, 0.29) is 24.8 Å². The zero-order chi connectivity index (χ0) is 16.4. The maximum Gasteiger partial charge on any atom is 0.133 e. The Hall–Kier alpha value is -1.02. The molecule has 1 saturated carbocycles. The van der Waals surface area contributed by atoms with Crippen LogP contribution in [0.15, 0.2) is 0 Å². The molecule has 1 aliphatic carbocycles. The van der Waals surface area contributed by atoms with E-state index in [1.807, 2.05) is 6.92 Å². The Balaban J connectivity index is 0.00000121. The van der Waals surface area contributed by atoms with Crippen molar-refractivity contribution in [3.05, 3.63) is 27.1 Å². The van der Waals surface area contributed by atoms with Gasteiger partial charge in [-0.3, -0.25) is 0 Å². The summed E-state index contributed by atoms with van der Waals surface area (Å²) < 4.78 is 0. The molecule has 0 saturated heterocycles. The molecule has 1 aliphatic heterocycles. The highest BCUT2D eigenvalue weighted by atomic mass is 35.5. The summed E-state index contributed by atoms with van der Waals surface area (Å²) in [6.45, 7) is 4.85. The lowest BCUT2D eigenvalue weighted by Gasteiger charge is -2.14. The zero-order valence-electron chi connectivity index (χ0n) is 15.0. The number of anilines is 1. The fraction of sp³-hybridized carbons (Fsp3) is 0.647. The minimum absolute atomic E-state index is 0. The van der Waals surface area contributed by atoms with Crippen molar-refractivity contribution in [2.24, 2.45) is 5.92 Å². The van der Waals surface area contributed by atoms with Gasteiger partial charge < -0.3 is 10.6 Å². The maximum atomic E-state index is 4.87. The van der Waals surface area contributed by atoms with Gasteiger partial charge in [-0.1, -0.05) is 0 Å². The van der Waals surface area contributed by atoms with E-state index < -0.39 is 0 Å². The highest BCUT2D eigenvalue weighted by molar-refractivity contribution is 7.11. The highest BCUT2D eigenvalue weighted by Gasteiger charge is 2.24. The molecule has 0 unspecified atom stereocenters. The molecule has 0 aromatic carbocycles. The summed E-state index contributed by atoms with van der Waals surface area (Å²) in [5.41, 5.74) is 2.54. The molecular formula is C17H26Cl2N6S. The summed E-state index contributed by atoms with van der Waals surface area (Å²) in [6.07, 6.45) is 6.59. The third kappa shape index (κ3) is 5.49. The van der Waals surface area contributed by atoms with Gasteiger partial charge in [-0.25, -0.2) is 9.97 Å². The van der Waals surface area contributed by atoms with Crippen LogP contribution in [0.4, 0.5) is 5.82 Å². The lowest BCUT2D eigenvalue weighted by molar-refractivity contribution is 0.706. The van der Waals surface area contributed by atoms with Gasteiger partial charge in [0.15, 0.2) is 0 Å². The van der Waals surface area contributed by atoms with Gasteiger partial charge in [-0.2, -0.15) is 0 Å². The average Bonchev–Trinajstić information content (AvgIpc) is 3.32. The van der Waals surface area contributed by atoms with Crippen molar-refractivity contribution in [2.75, 3.05) is 25.0 Å². The van der Waals surface area contributed by atoms with Crippen LogP contribution in [-0.2, 0) is 25.7 Å². The molecule has 0 atom stereocenters. The number of halogens is 2. The smallest absolute Gasteiger partial charge is 0.133 e. The Kier molecular flexibility index (Phi) is 8.01. The average molecular weight is 417 g/mol. The first-order chi connectivity index (χ1) is 11.8. The van der Waals surface area contributed by atoms with Crippen molar-refractivity contribution in [1.82, 2.24) is 25.5 Å². The second-order valence-electron chi connectivity index (χ2n) is 6.70. The molecule has 0 spiro atoms. The summed E-state index contributed by atoms with van der Waals surface area (Å²) in [6, 6.07) is 0. The molecular weight excluding hydrogens is 391 g/mol. The van der Waals surface area contributed by atoms with E-state index in [1.54, 1.807) is 11.3 Å². The lowest BCUT2D eigenvalue weighted by Crippen LogP contribution is -2.16. The van der Waals surface area contributed by atoms with Gasteiger partial charge >= 0.3 is 0 Å². The van der Waals surface area contributed by atoms with Crippen LogP contribution < -0.4 is 10.6 Å². The molecule has 1 fully saturated rings. The quantitative estimate of drug-likeness (QED) is 0.753. The first-order valence-electron chi connectivity index (χ1n) is 8.90. The van der Waals surface area contributed by atoms with Gasteiger partial charge in [-0.05, 0) is 38.6 Å². The van der Waals surface area contributed by atoms with Crippen molar-refractivity contribution in [1.29, 1.82) is 0 Å². The van der Waals surface area contributed by atoms with Crippen molar-refractivity contribution in [3.63, 3.8) is 0 Å². The van der Waals surface area contributed by atoms with Crippen LogP contribution >= 0.6 is 36.2 Å². The molecule has 144 valence electrons. The molecule has 26 heavy (non-hydrogen) atoms. The molecule has 0 amide bonds. The molecule has 2 aromatic rings. The maximum absolute atomic E-state index is 4.87. The van der Waals surface area contributed by atoms with E-state index in [0.717, 1.165) is 72.9 Å². The number of fused-ring (bicyclic) bond motifs is 1. The van der Waals surface area contributed by atoms with Crippen molar-refractivity contribution < 1.29 is 0 Å². The van der Waals surface area contributed by atoms with E-state index in [0.29, 0.717) is 0 Å². The third-order valence-electron chi connectivity index (χ3n) is 4.60. The molecule has 0 radical (unpaired) electrons. The summed E-state index contributed by atoms with van der Waals surface area (Å²) in [5, 5.41) is 17.4. The minimum Gasteiger partial charge on any atom is -0.369 e. The van der Waals surface area contributed by atoms with E-state index in [1.165, 1.54) is 24.1 Å². The molecule has 2 aliphatic rings. The largest absolute Gasteiger partial charge is 0.369 e. The second kappa shape index (κ2) is 9.78. The van der Waals surface area contributed by atoms with Gasteiger partial charge in [-0.15, -0.1) is 46.3 Å². The van der Waals surface area contributed by atoms with Gasteiger partial charge in [0.1, 0.15) is 21.7 Å². The summed E-state index contributed by atoms with van der Waals surface area (Å²) in [5.74, 6) is 2.87. The second-order valence-corrected chi connectivity index (χ2v) is 7.97. The summed E-state index contributed by atoms with van der Waals surface area (Å²) in [4.78, 5) is 9.73. The Morgan fingerprint density at radius 2 is 1.92 bits per heavy atom. The molecule has 6 nitrogen and oxygen atoms in total. The summed E-state index contributed by atoms with van der Waals surface area (Å²) in [7, 11) is 0. The van der Waals surface area contributed by atoms with E-state index >= 15 is 0 Å². The van der Waals surface area contributed by atoms with Crippen LogP contribution in [0.3, 0.4) is 0 Å². The Labute approximate surface area is 170 Å². The van der Waals surface area contributed by atoms with Crippen LogP contribution in [0, 0.1) is 12.8 Å². The standard InChI is InChI=1S/C17H24N6S.2ClH/c1-11-22-23-16(24-11)6-9-19-17-13-4-7-18-8-5-14(13)20-15(21-17)10-12-2-3-12;;/h12,18H,2-10H2,1H3,(H,19,20,21);2*1H. The predicted octanol–water partition coefficient (Wildman–Crippen LogP) is 2.78. The third-order valence-corrected chi connectivity index (χ3v) is 5.50. The fourth-order valence-electron chi connectivity index (χ4n) is 3.14. The number of hydrogen-bond acceptors (Lipinski definition) is 7. The van der Waals surface area contributed by atoms with E-state index in [4.69, 9.17) is 9.97 Å². The normalized spacial score (nSPS) is 16.0.